The molecule has 86 valence electrons. The van der Waals surface area contributed by atoms with Gasteiger partial charge in [-0.2, -0.15) is 5.26 Å². The van der Waals surface area contributed by atoms with E-state index in [1.54, 1.807) is 12.5 Å². The summed E-state index contributed by atoms with van der Waals surface area (Å²) in [5.74, 6) is 0.828. The number of benzene rings is 1. The van der Waals surface area contributed by atoms with Crippen molar-refractivity contribution in [2.75, 3.05) is 7.11 Å². The summed E-state index contributed by atoms with van der Waals surface area (Å²) >= 11 is 1.46. The molecule has 3 nitrogen and oxygen atoms in total. The van der Waals surface area contributed by atoms with Crippen molar-refractivity contribution in [3.8, 4) is 22.4 Å². The smallest absolute Gasteiger partial charge is 0.152 e. The summed E-state index contributed by atoms with van der Waals surface area (Å²) in [7, 11) is 1.65. The van der Waals surface area contributed by atoms with Gasteiger partial charge < -0.3 is 4.74 Å². The minimum atomic E-state index is 0.450. The van der Waals surface area contributed by atoms with Crippen molar-refractivity contribution >= 4 is 11.3 Å². The quantitative estimate of drug-likeness (QED) is 0.814. The fourth-order valence-electron chi connectivity index (χ4n) is 1.83. The molecule has 0 aliphatic carbocycles. The molecule has 0 fully saturated rings. The van der Waals surface area contributed by atoms with Gasteiger partial charge in [-0.25, -0.2) is 4.98 Å². The maximum absolute atomic E-state index is 8.80. The van der Waals surface area contributed by atoms with Crippen molar-refractivity contribution in [2.45, 2.75) is 13.8 Å². The lowest BCUT2D eigenvalue weighted by Crippen LogP contribution is -1.92. The van der Waals surface area contributed by atoms with Crippen LogP contribution in [0.25, 0.3) is 10.6 Å². The molecule has 2 aromatic rings. The van der Waals surface area contributed by atoms with Gasteiger partial charge in [-0.1, -0.05) is 6.07 Å². The molecule has 0 radical (unpaired) electrons. The zero-order valence-corrected chi connectivity index (χ0v) is 10.8. The van der Waals surface area contributed by atoms with E-state index in [0.29, 0.717) is 5.69 Å². The number of aromatic nitrogens is 1. The topological polar surface area (TPSA) is 45.9 Å². The van der Waals surface area contributed by atoms with E-state index in [-0.39, 0.29) is 0 Å². The largest absolute Gasteiger partial charge is 0.496 e. The average Bonchev–Trinajstić information content (AvgIpc) is 2.76. The first kappa shape index (κ1) is 11.6. The van der Waals surface area contributed by atoms with E-state index < -0.39 is 0 Å². The van der Waals surface area contributed by atoms with Gasteiger partial charge in [-0.05, 0) is 31.0 Å². The molecular weight excluding hydrogens is 232 g/mol. The van der Waals surface area contributed by atoms with E-state index in [4.69, 9.17) is 10.00 Å². The van der Waals surface area contributed by atoms with E-state index in [1.807, 2.05) is 26.0 Å². The molecule has 1 aromatic carbocycles. The molecule has 0 amide bonds. The summed E-state index contributed by atoms with van der Waals surface area (Å²) in [4.78, 5) is 4.27. The van der Waals surface area contributed by atoms with Crippen LogP contribution in [-0.2, 0) is 0 Å². The predicted octanol–water partition coefficient (Wildman–Crippen LogP) is 3.31. The average molecular weight is 244 g/mol. The second-order valence-electron chi connectivity index (χ2n) is 3.81. The summed E-state index contributed by atoms with van der Waals surface area (Å²) in [6.45, 7) is 4.04. The summed E-state index contributed by atoms with van der Waals surface area (Å²) in [5, 5.41) is 11.4. The van der Waals surface area contributed by atoms with Crippen LogP contribution in [0.15, 0.2) is 17.5 Å². The Morgan fingerprint density at radius 1 is 1.35 bits per heavy atom. The van der Waals surface area contributed by atoms with Crippen LogP contribution in [0.2, 0.25) is 0 Å². The van der Waals surface area contributed by atoms with Crippen molar-refractivity contribution in [1.29, 1.82) is 5.26 Å². The summed E-state index contributed by atoms with van der Waals surface area (Å²) in [5.41, 5.74) is 3.64. The second kappa shape index (κ2) is 4.56. The Balaban J connectivity index is 2.62. The van der Waals surface area contributed by atoms with Gasteiger partial charge in [0.1, 0.15) is 16.8 Å². The third kappa shape index (κ3) is 2.15. The van der Waals surface area contributed by atoms with Gasteiger partial charge in [-0.3, -0.25) is 0 Å². The highest BCUT2D eigenvalue weighted by Gasteiger charge is 2.13. The Hall–Kier alpha value is -1.86. The SMILES string of the molecule is COc1c(C)cc(C)cc1-c1nc(C#N)cs1. The van der Waals surface area contributed by atoms with Gasteiger partial charge in [0.05, 0.1) is 12.7 Å². The fourth-order valence-corrected chi connectivity index (χ4v) is 2.59. The number of hydrogen-bond donors (Lipinski definition) is 0. The number of aryl methyl sites for hydroxylation is 2. The first-order chi connectivity index (χ1) is 8.15. The van der Waals surface area contributed by atoms with Crippen molar-refractivity contribution in [3.63, 3.8) is 0 Å². The van der Waals surface area contributed by atoms with Gasteiger partial charge in [0, 0.05) is 5.38 Å². The number of nitriles is 1. The van der Waals surface area contributed by atoms with Gasteiger partial charge >= 0.3 is 0 Å². The molecule has 0 atom stereocenters. The molecule has 0 aliphatic heterocycles. The lowest BCUT2D eigenvalue weighted by atomic mass is 10.1. The van der Waals surface area contributed by atoms with Crippen LogP contribution in [0.1, 0.15) is 16.8 Å². The van der Waals surface area contributed by atoms with Crippen LogP contribution in [0.4, 0.5) is 0 Å². The highest BCUT2D eigenvalue weighted by atomic mass is 32.1. The number of methoxy groups -OCH3 is 1. The van der Waals surface area contributed by atoms with Gasteiger partial charge in [0.2, 0.25) is 0 Å². The van der Waals surface area contributed by atoms with Crippen molar-refractivity contribution in [1.82, 2.24) is 4.98 Å². The number of rotatable bonds is 2. The molecule has 0 saturated carbocycles. The lowest BCUT2D eigenvalue weighted by Gasteiger charge is -2.10. The predicted molar refractivity (Wildman–Crippen MR) is 68.3 cm³/mol. The summed E-state index contributed by atoms with van der Waals surface area (Å²) < 4.78 is 5.41. The molecule has 0 aliphatic rings. The van der Waals surface area contributed by atoms with Gasteiger partial charge in [0.15, 0.2) is 5.69 Å². The Kier molecular flexibility index (Phi) is 3.12. The van der Waals surface area contributed by atoms with Gasteiger partial charge in [0.25, 0.3) is 0 Å². The van der Waals surface area contributed by atoms with E-state index in [0.717, 1.165) is 27.4 Å². The van der Waals surface area contributed by atoms with Crippen LogP contribution >= 0.6 is 11.3 Å². The number of thiazole rings is 1. The highest BCUT2D eigenvalue weighted by molar-refractivity contribution is 7.13. The molecule has 4 heteroatoms. The van der Waals surface area contributed by atoms with E-state index in [2.05, 4.69) is 11.1 Å². The zero-order valence-electron chi connectivity index (χ0n) is 9.94. The van der Waals surface area contributed by atoms with Gasteiger partial charge in [-0.15, -0.1) is 11.3 Å². The first-order valence-electron chi connectivity index (χ1n) is 5.17. The lowest BCUT2D eigenvalue weighted by molar-refractivity contribution is 0.413. The number of nitrogens with zero attached hydrogens (tertiary/aromatic N) is 2. The molecule has 1 heterocycles. The Bertz CT molecular complexity index is 596. The van der Waals surface area contributed by atoms with Crippen molar-refractivity contribution in [2.24, 2.45) is 0 Å². The Labute approximate surface area is 104 Å². The molecule has 0 unspecified atom stereocenters. The monoisotopic (exact) mass is 244 g/mol. The second-order valence-corrected chi connectivity index (χ2v) is 4.67. The molecule has 0 bridgehead atoms. The highest BCUT2D eigenvalue weighted by Crippen LogP contribution is 2.35. The number of hydrogen-bond acceptors (Lipinski definition) is 4. The van der Waals surface area contributed by atoms with Crippen LogP contribution in [-0.4, -0.2) is 12.1 Å². The normalized spacial score (nSPS) is 10.0. The Morgan fingerprint density at radius 2 is 2.12 bits per heavy atom. The number of ether oxygens (including phenoxy) is 1. The van der Waals surface area contributed by atoms with E-state index in [9.17, 15) is 0 Å². The zero-order chi connectivity index (χ0) is 12.4. The maximum atomic E-state index is 8.80. The van der Waals surface area contributed by atoms with Crippen LogP contribution in [0.5, 0.6) is 5.75 Å². The molecule has 2 rings (SSSR count). The third-order valence-corrected chi connectivity index (χ3v) is 3.35. The maximum Gasteiger partial charge on any atom is 0.152 e. The molecule has 0 N–H and O–H groups in total. The summed E-state index contributed by atoms with van der Waals surface area (Å²) in [6, 6.07) is 6.15. The van der Waals surface area contributed by atoms with Crippen LogP contribution in [0.3, 0.4) is 0 Å². The minimum Gasteiger partial charge on any atom is -0.496 e. The molecule has 0 saturated heterocycles. The van der Waals surface area contributed by atoms with Crippen molar-refractivity contribution < 1.29 is 4.74 Å². The summed E-state index contributed by atoms with van der Waals surface area (Å²) in [6.07, 6.45) is 0. The molecule has 0 spiro atoms. The fraction of sp³-hybridized carbons (Fsp3) is 0.231. The van der Waals surface area contributed by atoms with E-state index >= 15 is 0 Å². The molecule has 1 aromatic heterocycles. The molecular formula is C13H12N2OS. The van der Waals surface area contributed by atoms with E-state index in [1.165, 1.54) is 11.3 Å². The standard InChI is InChI=1S/C13H12N2OS/c1-8-4-9(2)12(16-3)11(5-8)13-15-10(6-14)7-17-13/h4-5,7H,1-3H3. The van der Waals surface area contributed by atoms with Crippen LogP contribution in [0, 0.1) is 25.2 Å². The van der Waals surface area contributed by atoms with Crippen molar-refractivity contribution in [3.05, 3.63) is 34.3 Å². The first-order valence-corrected chi connectivity index (χ1v) is 6.05. The van der Waals surface area contributed by atoms with Crippen LogP contribution < -0.4 is 4.74 Å². The third-order valence-electron chi connectivity index (χ3n) is 2.47. The Morgan fingerprint density at radius 3 is 2.71 bits per heavy atom. The molecule has 17 heavy (non-hydrogen) atoms. The minimum absolute atomic E-state index is 0.450.